The van der Waals surface area contributed by atoms with Crippen LogP contribution in [0.5, 0.6) is 5.75 Å². The predicted octanol–water partition coefficient (Wildman–Crippen LogP) is 1.81. The largest absolute Gasteiger partial charge is 0.494 e. The molecule has 5 aromatic heterocycles. The maximum Gasteiger partial charge on any atom is 0.295 e. The molecular formula is C24H21N9O3. The Morgan fingerprint density at radius 1 is 1.14 bits per heavy atom. The van der Waals surface area contributed by atoms with E-state index >= 15 is 0 Å². The van der Waals surface area contributed by atoms with E-state index in [1.54, 1.807) is 28.9 Å². The summed E-state index contributed by atoms with van der Waals surface area (Å²) in [6.07, 6.45) is 8.54. The molecule has 12 nitrogen and oxygen atoms in total. The summed E-state index contributed by atoms with van der Waals surface area (Å²) in [6, 6.07) is 5.62. The fraction of sp³-hybridized carbons (Fsp3) is 0.208. The number of aromatic amines is 1. The van der Waals surface area contributed by atoms with Crippen molar-refractivity contribution in [1.82, 2.24) is 44.4 Å². The summed E-state index contributed by atoms with van der Waals surface area (Å²) in [5.41, 5.74) is 2.60. The Labute approximate surface area is 204 Å². The van der Waals surface area contributed by atoms with Crippen LogP contribution in [0.25, 0.3) is 22.5 Å². The Morgan fingerprint density at radius 3 is 2.78 bits per heavy atom. The smallest absolute Gasteiger partial charge is 0.295 e. The zero-order chi connectivity index (χ0) is 24.8. The number of fused-ring (bicyclic) bond motifs is 2. The Bertz CT molecular complexity index is 1620. The molecule has 0 atom stereocenters. The molecule has 1 amide bonds. The van der Waals surface area contributed by atoms with Gasteiger partial charge in [-0.15, -0.1) is 0 Å². The molecule has 0 saturated carbocycles. The van der Waals surface area contributed by atoms with Gasteiger partial charge in [0.25, 0.3) is 11.7 Å². The fourth-order valence-electron chi connectivity index (χ4n) is 4.50. The minimum absolute atomic E-state index is 0.210. The molecule has 180 valence electrons. The van der Waals surface area contributed by atoms with Crippen LogP contribution in [0.4, 0.5) is 0 Å². The number of hydrogen-bond donors (Lipinski definition) is 1. The molecule has 12 heteroatoms. The molecule has 6 heterocycles. The molecule has 36 heavy (non-hydrogen) atoms. The molecule has 0 saturated heterocycles. The van der Waals surface area contributed by atoms with Gasteiger partial charge >= 0.3 is 0 Å². The normalized spacial score (nSPS) is 13.1. The number of nitrogens with one attached hydrogen (secondary N) is 1. The lowest BCUT2D eigenvalue weighted by Gasteiger charge is -2.26. The highest BCUT2D eigenvalue weighted by molar-refractivity contribution is 6.45. The third kappa shape index (κ3) is 3.42. The molecule has 0 aliphatic carbocycles. The van der Waals surface area contributed by atoms with Gasteiger partial charge in [-0.05, 0) is 19.1 Å². The molecule has 1 N–H and O–H groups in total. The van der Waals surface area contributed by atoms with Crippen LogP contribution in [-0.4, -0.2) is 69.7 Å². The summed E-state index contributed by atoms with van der Waals surface area (Å²) in [7, 11) is 1.49. The number of ether oxygens (including phenoxy) is 1. The van der Waals surface area contributed by atoms with Crippen molar-refractivity contribution in [2.24, 2.45) is 0 Å². The maximum absolute atomic E-state index is 13.4. The molecule has 0 unspecified atom stereocenters. The second-order valence-corrected chi connectivity index (χ2v) is 8.36. The van der Waals surface area contributed by atoms with Crippen LogP contribution in [-0.2, 0) is 17.8 Å². The molecule has 5 aromatic rings. The topological polar surface area (TPSA) is 137 Å². The number of rotatable bonds is 5. The molecule has 0 fully saturated rings. The van der Waals surface area contributed by atoms with Crippen molar-refractivity contribution in [3.63, 3.8) is 0 Å². The number of carbonyl (C=O) groups is 2. The molecule has 0 aromatic carbocycles. The van der Waals surface area contributed by atoms with E-state index < -0.39 is 11.7 Å². The number of aromatic nitrogens is 8. The van der Waals surface area contributed by atoms with E-state index in [-0.39, 0.29) is 12.1 Å². The third-order valence-electron chi connectivity index (χ3n) is 6.23. The van der Waals surface area contributed by atoms with Gasteiger partial charge < -0.3 is 14.6 Å². The fourth-order valence-corrected chi connectivity index (χ4v) is 4.50. The molecular weight excluding hydrogens is 462 g/mol. The number of Topliss-reactive ketones (excluding diaryl/α,β-unsaturated/α-hetero) is 1. The van der Waals surface area contributed by atoms with Crippen LogP contribution in [0.15, 0.2) is 49.3 Å². The Hall–Kier alpha value is -4.87. The first-order valence-corrected chi connectivity index (χ1v) is 11.3. The number of hydrogen-bond acceptors (Lipinski definition) is 8. The summed E-state index contributed by atoms with van der Waals surface area (Å²) in [5, 5.41) is 9.22. The Kier molecular flexibility index (Phi) is 5.06. The van der Waals surface area contributed by atoms with Gasteiger partial charge in [0.05, 0.1) is 41.7 Å². The van der Waals surface area contributed by atoms with Crippen LogP contribution >= 0.6 is 0 Å². The van der Waals surface area contributed by atoms with Gasteiger partial charge in [0.2, 0.25) is 0 Å². The number of methoxy groups -OCH3 is 1. The van der Waals surface area contributed by atoms with E-state index in [2.05, 4.69) is 30.1 Å². The highest BCUT2D eigenvalue weighted by Gasteiger charge is 2.31. The SMILES string of the molecule is COc1cnc(-n2cnc(C)n2)c2[nH]cc(C(=O)C(=O)N3CCc4c(cnn4-c4ccccn4)C3)c12. The molecule has 6 rings (SSSR count). The van der Waals surface area contributed by atoms with Crippen LogP contribution < -0.4 is 4.74 Å². The number of ketones is 1. The number of aryl methyl sites for hydroxylation is 1. The van der Waals surface area contributed by atoms with E-state index in [1.807, 2.05) is 18.2 Å². The highest BCUT2D eigenvalue weighted by atomic mass is 16.5. The van der Waals surface area contributed by atoms with E-state index in [0.29, 0.717) is 47.1 Å². The standard InChI is InChI=1S/C24H21N9O3/c1-14-28-13-32(30-14)23-21-20(18(36-2)11-27-23)16(10-26-21)22(34)24(35)31-8-6-17-15(12-31)9-29-33(17)19-5-3-4-7-25-19/h3-5,7,9-11,13,26H,6,8,12H2,1-2H3. The second-order valence-electron chi connectivity index (χ2n) is 8.36. The number of carbonyl (C=O) groups excluding carboxylic acids is 2. The van der Waals surface area contributed by atoms with Crippen LogP contribution in [0.3, 0.4) is 0 Å². The van der Waals surface area contributed by atoms with Crippen LogP contribution in [0.2, 0.25) is 0 Å². The number of amides is 1. The summed E-state index contributed by atoms with van der Waals surface area (Å²) in [5.74, 6) is 0.890. The highest BCUT2D eigenvalue weighted by Crippen LogP contribution is 2.32. The van der Waals surface area contributed by atoms with Crippen molar-refractivity contribution in [3.05, 3.63) is 72.0 Å². The van der Waals surface area contributed by atoms with Gasteiger partial charge in [0, 0.05) is 37.5 Å². The van der Waals surface area contributed by atoms with E-state index in [4.69, 9.17) is 4.74 Å². The van der Waals surface area contributed by atoms with Crippen LogP contribution in [0.1, 0.15) is 27.4 Å². The summed E-state index contributed by atoms with van der Waals surface area (Å²) in [6.45, 7) is 2.45. The molecule has 0 spiro atoms. The number of H-pyrrole nitrogens is 1. The summed E-state index contributed by atoms with van der Waals surface area (Å²) in [4.78, 5) is 44.3. The van der Waals surface area contributed by atoms with Crippen molar-refractivity contribution >= 4 is 22.6 Å². The van der Waals surface area contributed by atoms with Crippen molar-refractivity contribution in [1.29, 1.82) is 0 Å². The lowest BCUT2D eigenvalue weighted by atomic mass is 10.0. The average molecular weight is 483 g/mol. The van der Waals surface area contributed by atoms with Gasteiger partial charge in [-0.3, -0.25) is 9.59 Å². The first-order chi connectivity index (χ1) is 17.5. The minimum Gasteiger partial charge on any atom is -0.494 e. The van der Waals surface area contributed by atoms with E-state index in [9.17, 15) is 9.59 Å². The first-order valence-electron chi connectivity index (χ1n) is 11.3. The third-order valence-corrected chi connectivity index (χ3v) is 6.23. The van der Waals surface area contributed by atoms with Crippen molar-refractivity contribution < 1.29 is 14.3 Å². The minimum atomic E-state index is -0.632. The Balaban J connectivity index is 1.31. The Morgan fingerprint density at radius 2 is 2.03 bits per heavy atom. The van der Waals surface area contributed by atoms with Gasteiger partial charge in [-0.2, -0.15) is 10.2 Å². The van der Waals surface area contributed by atoms with Crippen molar-refractivity contribution in [3.8, 4) is 17.4 Å². The number of pyridine rings is 2. The molecule has 1 aliphatic heterocycles. The molecule has 0 radical (unpaired) electrons. The summed E-state index contributed by atoms with van der Waals surface area (Å²) >= 11 is 0. The number of nitrogens with zero attached hydrogens (tertiary/aromatic N) is 8. The van der Waals surface area contributed by atoms with Gasteiger partial charge in [0.1, 0.15) is 17.9 Å². The van der Waals surface area contributed by atoms with Crippen molar-refractivity contribution in [2.45, 2.75) is 19.9 Å². The quantitative estimate of drug-likeness (QED) is 0.295. The maximum atomic E-state index is 13.4. The molecule has 1 aliphatic rings. The average Bonchev–Trinajstić information content (AvgIpc) is 3.65. The van der Waals surface area contributed by atoms with Crippen molar-refractivity contribution in [2.75, 3.05) is 13.7 Å². The molecule has 0 bridgehead atoms. The zero-order valence-electron chi connectivity index (χ0n) is 19.5. The zero-order valence-corrected chi connectivity index (χ0v) is 19.5. The monoisotopic (exact) mass is 483 g/mol. The lowest BCUT2D eigenvalue weighted by Crippen LogP contribution is -2.40. The van der Waals surface area contributed by atoms with Crippen LogP contribution in [0, 0.1) is 6.92 Å². The predicted molar refractivity (Wildman–Crippen MR) is 127 cm³/mol. The summed E-state index contributed by atoms with van der Waals surface area (Å²) < 4.78 is 8.76. The van der Waals surface area contributed by atoms with E-state index in [1.165, 1.54) is 30.5 Å². The lowest BCUT2D eigenvalue weighted by molar-refractivity contribution is -0.127. The van der Waals surface area contributed by atoms with Gasteiger partial charge in [0.15, 0.2) is 11.6 Å². The van der Waals surface area contributed by atoms with Gasteiger partial charge in [-0.25, -0.2) is 24.3 Å². The second kappa shape index (κ2) is 8.41. The van der Waals surface area contributed by atoms with E-state index in [0.717, 1.165) is 11.3 Å². The van der Waals surface area contributed by atoms with Gasteiger partial charge in [-0.1, -0.05) is 6.07 Å². The first kappa shape index (κ1) is 21.6.